The minimum atomic E-state index is -0.902. The Bertz CT molecular complexity index is 587. The number of rotatable bonds is 3. The third kappa shape index (κ3) is 2.77. The van der Waals surface area contributed by atoms with E-state index >= 15 is 0 Å². The molecule has 21 heavy (non-hydrogen) atoms. The Labute approximate surface area is 131 Å². The van der Waals surface area contributed by atoms with Crippen LogP contribution in [0.3, 0.4) is 0 Å². The lowest BCUT2D eigenvalue weighted by Crippen LogP contribution is -2.40. The molecule has 1 amide bonds. The van der Waals surface area contributed by atoms with Crippen LogP contribution in [0.1, 0.15) is 30.6 Å². The minimum absolute atomic E-state index is 0.0636. The number of hydrogen-bond donors (Lipinski definition) is 2. The molecule has 0 saturated carbocycles. The summed E-state index contributed by atoms with van der Waals surface area (Å²) in [6.45, 7) is 4.28. The molecule has 1 aliphatic heterocycles. The fraction of sp³-hybridized carbons (Fsp3) is 0.467. The van der Waals surface area contributed by atoms with Gasteiger partial charge in [-0.2, -0.15) is 0 Å². The Balaban J connectivity index is 2.25. The summed E-state index contributed by atoms with van der Waals surface area (Å²) in [5, 5.41) is 19.4. The molecular weight excluding hydrogens is 338 g/mol. The number of aliphatic carboxylic acids is 1. The van der Waals surface area contributed by atoms with Gasteiger partial charge in [0.25, 0.3) is 5.91 Å². The van der Waals surface area contributed by atoms with Crippen LogP contribution in [0.2, 0.25) is 0 Å². The molecule has 0 spiro atoms. The van der Waals surface area contributed by atoms with Crippen LogP contribution in [0.25, 0.3) is 0 Å². The SMILES string of the molecule is CC(C)C1(C(=O)O)CCN(C(=O)c2ccc(Br)cc2O)C1. The zero-order valence-corrected chi connectivity index (χ0v) is 13.6. The molecule has 2 N–H and O–H groups in total. The quantitative estimate of drug-likeness (QED) is 0.873. The summed E-state index contributed by atoms with van der Waals surface area (Å²) in [7, 11) is 0. The summed E-state index contributed by atoms with van der Waals surface area (Å²) >= 11 is 3.22. The van der Waals surface area contributed by atoms with Crippen molar-refractivity contribution >= 4 is 27.8 Å². The van der Waals surface area contributed by atoms with Gasteiger partial charge in [0, 0.05) is 17.6 Å². The molecule has 1 unspecified atom stereocenters. The number of hydrogen-bond acceptors (Lipinski definition) is 3. The monoisotopic (exact) mass is 355 g/mol. The number of carboxylic acids is 1. The molecule has 1 atom stereocenters. The molecule has 0 radical (unpaired) electrons. The first-order valence-electron chi connectivity index (χ1n) is 6.79. The van der Waals surface area contributed by atoms with E-state index in [0.717, 1.165) is 0 Å². The number of amides is 1. The molecule has 1 saturated heterocycles. The van der Waals surface area contributed by atoms with Crippen LogP contribution >= 0.6 is 15.9 Å². The Kier molecular flexibility index (Phi) is 4.27. The number of carbonyl (C=O) groups is 2. The average molecular weight is 356 g/mol. The highest BCUT2D eigenvalue weighted by Crippen LogP contribution is 2.39. The van der Waals surface area contributed by atoms with Crippen LogP contribution in [0, 0.1) is 11.3 Å². The smallest absolute Gasteiger partial charge is 0.311 e. The van der Waals surface area contributed by atoms with Gasteiger partial charge >= 0.3 is 5.97 Å². The molecule has 114 valence electrons. The predicted molar refractivity (Wildman–Crippen MR) is 81.2 cm³/mol. The fourth-order valence-corrected chi connectivity index (χ4v) is 3.10. The van der Waals surface area contributed by atoms with Crippen LogP contribution in [0.5, 0.6) is 5.75 Å². The van der Waals surface area contributed by atoms with Crippen molar-refractivity contribution in [3.05, 3.63) is 28.2 Å². The van der Waals surface area contributed by atoms with Crippen LogP contribution in [0.4, 0.5) is 0 Å². The van der Waals surface area contributed by atoms with Crippen molar-refractivity contribution in [2.45, 2.75) is 20.3 Å². The van der Waals surface area contributed by atoms with E-state index in [4.69, 9.17) is 0 Å². The van der Waals surface area contributed by atoms with Crippen molar-refractivity contribution in [2.24, 2.45) is 11.3 Å². The zero-order valence-electron chi connectivity index (χ0n) is 12.0. The van der Waals surface area contributed by atoms with Gasteiger partial charge in [0.15, 0.2) is 0 Å². The number of phenols is 1. The maximum Gasteiger partial charge on any atom is 0.311 e. The van der Waals surface area contributed by atoms with Gasteiger partial charge in [0.2, 0.25) is 0 Å². The van der Waals surface area contributed by atoms with Crippen molar-refractivity contribution < 1.29 is 19.8 Å². The lowest BCUT2D eigenvalue weighted by Gasteiger charge is -2.28. The van der Waals surface area contributed by atoms with Gasteiger partial charge in [-0.1, -0.05) is 29.8 Å². The average Bonchev–Trinajstić information content (AvgIpc) is 2.84. The second-order valence-electron chi connectivity index (χ2n) is 5.75. The van der Waals surface area contributed by atoms with Gasteiger partial charge in [-0.3, -0.25) is 9.59 Å². The van der Waals surface area contributed by atoms with Gasteiger partial charge in [0.05, 0.1) is 11.0 Å². The molecular formula is C15H18BrNO4. The van der Waals surface area contributed by atoms with Gasteiger partial charge in [-0.05, 0) is 30.5 Å². The number of phenolic OH excluding ortho intramolecular Hbond substituents is 1. The topological polar surface area (TPSA) is 77.8 Å². The molecule has 0 aliphatic carbocycles. The van der Waals surface area contributed by atoms with Crippen molar-refractivity contribution in [1.82, 2.24) is 4.90 Å². The summed E-state index contributed by atoms with van der Waals surface area (Å²) in [5.41, 5.74) is -0.705. The van der Waals surface area contributed by atoms with Crippen molar-refractivity contribution in [2.75, 3.05) is 13.1 Å². The number of benzene rings is 1. The summed E-state index contributed by atoms with van der Waals surface area (Å²) in [4.78, 5) is 25.6. The second kappa shape index (κ2) is 5.67. The summed E-state index contributed by atoms with van der Waals surface area (Å²) in [5.74, 6) is -1.37. The van der Waals surface area contributed by atoms with E-state index in [1.54, 1.807) is 6.07 Å². The number of carbonyl (C=O) groups excluding carboxylic acids is 1. The van der Waals surface area contributed by atoms with Gasteiger partial charge in [0.1, 0.15) is 5.75 Å². The van der Waals surface area contributed by atoms with Crippen LogP contribution < -0.4 is 0 Å². The third-order valence-corrected chi connectivity index (χ3v) is 4.80. The number of likely N-dealkylation sites (tertiary alicyclic amines) is 1. The third-order valence-electron chi connectivity index (χ3n) is 4.31. The maximum atomic E-state index is 12.5. The Morgan fingerprint density at radius 1 is 1.38 bits per heavy atom. The standard InChI is InChI=1S/C15H18BrNO4/c1-9(2)15(14(20)21)5-6-17(8-15)13(19)11-4-3-10(16)7-12(11)18/h3-4,7,9,18H,5-6,8H2,1-2H3,(H,20,21). The van der Waals surface area contributed by atoms with Crippen molar-refractivity contribution in [3.63, 3.8) is 0 Å². The molecule has 6 heteroatoms. The van der Waals surface area contributed by atoms with E-state index in [0.29, 0.717) is 17.4 Å². The first-order chi connectivity index (χ1) is 9.78. The van der Waals surface area contributed by atoms with E-state index in [2.05, 4.69) is 15.9 Å². The highest BCUT2D eigenvalue weighted by Gasteiger charge is 2.48. The lowest BCUT2D eigenvalue weighted by molar-refractivity contribution is -0.150. The van der Waals surface area contributed by atoms with E-state index in [9.17, 15) is 19.8 Å². The molecule has 2 rings (SSSR count). The van der Waals surface area contributed by atoms with Gasteiger partial charge in [-0.15, -0.1) is 0 Å². The van der Waals surface area contributed by atoms with Crippen LogP contribution in [-0.4, -0.2) is 40.1 Å². The largest absolute Gasteiger partial charge is 0.507 e. The first kappa shape index (κ1) is 15.8. The van der Waals surface area contributed by atoms with Crippen LogP contribution in [0.15, 0.2) is 22.7 Å². The summed E-state index contributed by atoms with van der Waals surface area (Å²) in [6.07, 6.45) is 0.434. The predicted octanol–water partition coefficient (Wildman–Crippen LogP) is 2.73. The van der Waals surface area contributed by atoms with Crippen LogP contribution in [-0.2, 0) is 4.79 Å². The Hall–Kier alpha value is -1.56. The number of halogens is 1. The molecule has 5 nitrogen and oxygen atoms in total. The van der Waals surface area contributed by atoms with Gasteiger partial charge in [-0.25, -0.2) is 0 Å². The van der Waals surface area contributed by atoms with Crippen molar-refractivity contribution in [3.8, 4) is 5.75 Å². The maximum absolute atomic E-state index is 12.5. The van der Waals surface area contributed by atoms with E-state index in [1.807, 2.05) is 13.8 Å². The van der Waals surface area contributed by atoms with E-state index in [-0.39, 0.29) is 29.7 Å². The molecule has 1 aliphatic rings. The molecule has 1 aromatic rings. The normalized spacial score (nSPS) is 21.8. The Morgan fingerprint density at radius 3 is 2.52 bits per heavy atom. The zero-order chi connectivity index (χ0) is 15.8. The van der Waals surface area contributed by atoms with Crippen molar-refractivity contribution in [1.29, 1.82) is 0 Å². The Morgan fingerprint density at radius 2 is 2.05 bits per heavy atom. The lowest BCUT2D eigenvalue weighted by atomic mass is 9.76. The second-order valence-corrected chi connectivity index (χ2v) is 6.67. The molecule has 0 bridgehead atoms. The van der Waals surface area contributed by atoms with Gasteiger partial charge < -0.3 is 15.1 Å². The fourth-order valence-electron chi connectivity index (χ4n) is 2.76. The number of aromatic hydroxyl groups is 1. The molecule has 1 aromatic carbocycles. The highest BCUT2D eigenvalue weighted by molar-refractivity contribution is 9.10. The first-order valence-corrected chi connectivity index (χ1v) is 7.58. The number of nitrogens with zero attached hydrogens (tertiary/aromatic N) is 1. The molecule has 0 aromatic heterocycles. The number of carboxylic acid groups (broad SMARTS) is 1. The van der Waals surface area contributed by atoms with E-state index < -0.39 is 11.4 Å². The molecule has 1 fully saturated rings. The summed E-state index contributed by atoms with van der Waals surface area (Å²) < 4.78 is 0.681. The summed E-state index contributed by atoms with van der Waals surface area (Å²) in [6, 6.07) is 4.67. The highest BCUT2D eigenvalue weighted by atomic mass is 79.9. The minimum Gasteiger partial charge on any atom is -0.507 e. The van der Waals surface area contributed by atoms with E-state index in [1.165, 1.54) is 17.0 Å². The molecule has 1 heterocycles.